The van der Waals surface area contributed by atoms with Crippen molar-refractivity contribution in [1.82, 2.24) is 9.97 Å². The Hall–Kier alpha value is -1.37. The predicted octanol–water partition coefficient (Wildman–Crippen LogP) is 2.76. The van der Waals surface area contributed by atoms with Gasteiger partial charge in [0, 0.05) is 30.3 Å². The molecule has 1 heterocycles. The number of benzene rings is 1. The lowest BCUT2D eigenvalue weighted by Gasteiger charge is -2.12. The molecule has 1 aromatic heterocycles. The average Bonchev–Trinajstić information content (AvgIpc) is 2.38. The van der Waals surface area contributed by atoms with Crippen molar-refractivity contribution in [3.05, 3.63) is 45.8 Å². The molecule has 1 N–H and O–H groups in total. The number of rotatable bonds is 4. The molecule has 4 nitrogen and oxygen atoms in total. The summed E-state index contributed by atoms with van der Waals surface area (Å²) in [5.41, 5.74) is 1.24. The number of nitrogens with one attached hydrogen (secondary N) is 1. The fourth-order valence-electron chi connectivity index (χ4n) is 1.48. The smallest absolute Gasteiger partial charge is 0.133 e. The number of hydrogen-bond acceptors (Lipinski definition) is 4. The van der Waals surface area contributed by atoms with Crippen molar-refractivity contribution in [3.63, 3.8) is 0 Å². The van der Waals surface area contributed by atoms with Crippen LogP contribution in [-0.4, -0.2) is 24.1 Å². The van der Waals surface area contributed by atoms with E-state index in [-0.39, 0.29) is 0 Å². The fourth-order valence-corrected chi connectivity index (χ4v) is 1.84. The first-order chi connectivity index (χ1) is 8.65. The summed E-state index contributed by atoms with van der Waals surface area (Å²) < 4.78 is 1.24. The second-order valence-electron chi connectivity index (χ2n) is 4.14. The van der Waals surface area contributed by atoms with Gasteiger partial charge in [0.1, 0.15) is 18.0 Å². The highest BCUT2D eigenvalue weighted by molar-refractivity contribution is 14.1. The number of anilines is 2. The van der Waals surface area contributed by atoms with Gasteiger partial charge < -0.3 is 10.2 Å². The molecule has 0 aliphatic heterocycles. The second-order valence-corrected chi connectivity index (χ2v) is 5.38. The summed E-state index contributed by atoms with van der Waals surface area (Å²) >= 11 is 2.30. The van der Waals surface area contributed by atoms with Gasteiger partial charge in [-0.2, -0.15) is 0 Å². The van der Waals surface area contributed by atoms with E-state index < -0.39 is 0 Å². The van der Waals surface area contributed by atoms with Crippen molar-refractivity contribution < 1.29 is 0 Å². The van der Waals surface area contributed by atoms with Crippen LogP contribution < -0.4 is 10.2 Å². The van der Waals surface area contributed by atoms with Crippen LogP contribution in [0, 0.1) is 3.57 Å². The third-order valence-electron chi connectivity index (χ3n) is 2.50. The van der Waals surface area contributed by atoms with Crippen LogP contribution in [0.2, 0.25) is 0 Å². The summed E-state index contributed by atoms with van der Waals surface area (Å²) in [6, 6.07) is 10.4. The van der Waals surface area contributed by atoms with Crippen LogP contribution in [0.4, 0.5) is 11.6 Å². The van der Waals surface area contributed by atoms with Crippen LogP contribution in [0.1, 0.15) is 5.56 Å². The van der Waals surface area contributed by atoms with Crippen molar-refractivity contribution in [1.29, 1.82) is 0 Å². The van der Waals surface area contributed by atoms with Gasteiger partial charge in [-0.05, 0) is 40.3 Å². The summed E-state index contributed by atoms with van der Waals surface area (Å²) in [7, 11) is 3.93. The lowest BCUT2D eigenvalue weighted by Crippen LogP contribution is -2.11. The van der Waals surface area contributed by atoms with Crippen LogP contribution in [0.5, 0.6) is 0 Å². The van der Waals surface area contributed by atoms with Gasteiger partial charge in [-0.3, -0.25) is 0 Å². The molecule has 0 amide bonds. The minimum atomic E-state index is 0.765. The summed E-state index contributed by atoms with van der Waals surface area (Å²) in [5.74, 6) is 1.74. The van der Waals surface area contributed by atoms with Crippen LogP contribution in [0.15, 0.2) is 36.7 Å². The zero-order valence-corrected chi connectivity index (χ0v) is 12.5. The van der Waals surface area contributed by atoms with E-state index in [2.05, 4.69) is 62.1 Å². The molecule has 0 saturated heterocycles. The predicted molar refractivity (Wildman–Crippen MR) is 82.8 cm³/mol. The second kappa shape index (κ2) is 5.99. The van der Waals surface area contributed by atoms with Gasteiger partial charge in [-0.25, -0.2) is 9.97 Å². The quantitative estimate of drug-likeness (QED) is 0.858. The Morgan fingerprint density at radius 2 is 1.89 bits per heavy atom. The normalized spacial score (nSPS) is 10.2. The third-order valence-corrected chi connectivity index (χ3v) is 3.22. The lowest BCUT2D eigenvalue weighted by molar-refractivity contribution is 1.02. The maximum atomic E-state index is 4.20. The van der Waals surface area contributed by atoms with Crippen LogP contribution in [-0.2, 0) is 6.54 Å². The lowest BCUT2D eigenvalue weighted by atomic mass is 10.2. The molecule has 0 fully saturated rings. The Balaban J connectivity index is 2.01. The van der Waals surface area contributed by atoms with E-state index >= 15 is 0 Å². The van der Waals surface area contributed by atoms with E-state index in [1.165, 1.54) is 9.13 Å². The number of nitrogens with zero attached hydrogens (tertiary/aromatic N) is 3. The van der Waals surface area contributed by atoms with E-state index in [0.717, 1.165) is 18.2 Å². The van der Waals surface area contributed by atoms with Crippen LogP contribution >= 0.6 is 22.6 Å². The van der Waals surface area contributed by atoms with Gasteiger partial charge in [0.05, 0.1) is 0 Å². The molecule has 0 saturated carbocycles. The maximum Gasteiger partial charge on any atom is 0.133 e. The van der Waals surface area contributed by atoms with E-state index in [1.54, 1.807) is 6.33 Å². The van der Waals surface area contributed by atoms with Crippen LogP contribution in [0.3, 0.4) is 0 Å². The van der Waals surface area contributed by atoms with Gasteiger partial charge in [0.2, 0.25) is 0 Å². The highest BCUT2D eigenvalue weighted by atomic mass is 127. The van der Waals surface area contributed by atoms with E-state index in [4.69, 9.17) is 0 Å². The first-order valence-corrected chi connectivity index (χ1v) is 6.71. The topological polar surface area (TPSA) is 41.0 Å². The molecular weight excluding hydrogens is 339 g/mol. The van der Waals surface area contributed by atoms with Gasteiger partial charge in [-0.15, -0.1) is 0 Å². The van der Waals surface area contributed by atoms with Crippen LogP contribution in [0.25, 0.3) is 0 Å². The first kappa shape index (κ1) is 13.1. The summed E-state index contributed by atoms with van der Waals surface area (Å²) in [6.07, 6.45) is 1.57. The Bertz CT molecular complexity index is 511. The molecule has 0 atom stereocenters. The molecule has 1 aromatic carbocycles. The SMILES string of the molecule is CN(C)c1cc(NCc2ccc(I)cc2)ncn1. The van der Waals surface area contributed by atoms with Gasteiger partial charge in [-0.1, -0.05) is 12.1 Å². The third kappa shape index (κ3) is 3.56. The number of hydrogen-bond donors (Lipinski definition) is 1. The van der Waals surface area contributed by atoms with Crippen molar-refractivity contribution in [2.75, 3.05) is 24.3 Å². The highest BCUT2D eigenvalue weighted by Crippen LogP contribution is 2.13. The minimum absolute atomic E-state index is 0.765. The zero-order valence-electron chi connectivity index (χ0n) is 10.4. The van der Waals surface area contributed by atoms with Gasteiger partial charge >= 0.3 is 0 Å². The standard InChI is InChI=1S/C13H15IN4/c1-18(2)13-7-12(16-9-17-13)15-8-10-3-5-11(14)6-4-10/h3-7,9H,8H2,1-2H3,(H,15,16,17). The number of aromatic nitrogens is 2. The molecule has 0 spiro atoms. The molecule has 5 heteroatoms. The Labute approximate surface area is 121 Å². The molecule has 18 heavy (non-hydrogen) atoms. The van der Waals surface area contributed by atoms with E-state index in [9.17, 15) is 0 Å². The Kier molecular flexibility index (Phi) is 4.35. The fraction of sp³-hybridized carbons (Fsp3) is 0.231. The summed E-state index contributed by atoms with van der Waals surface area (Å²) in [6.45, 7) is 0.765. The molecule has 0 radical (unpaired) electrons. The van der Waals surface area contributed by atoms with Crippen molar-refractivity contribution >= 4 is 34.2 Å². The minimum Gasteiger partial charge on any atom is -0.366 e. The zero-order chi connectivity index (χ0) is 13.0. The van der Waals surface area contributed by atoms with Gasteiger partial charge in [0.25, 0.3) is 0 Å². The molecule has 0 unspecified atom stereocenters. The average molecular weight is 354 g/mol. The molecule has 0 bridgehead atoms. The molecular formula is C13H15IN4. The van der Waals surface area contributed by atoms with E-state index in [1.807, 2.05) is 25.1 Å². The highest BCUT2D eigenvalue weighted by Gasteiger charge is 2.00. The van der Waals surface area contributed by atoms with Gasteiger partial charge in [0.15, 0.2) is 0 Å². The Morgan fingerprint density at radius 1 is 1.17 bits per heavy atom. The van der Waals surface area contributed by atoms with Crippen molar-refractivity contribution in [2.24, 2.45) is 0 Å². The maximum absolute atomic E-state index is 4.20. The van der Waals surface area contributed by atoms with Crippen molar-refractivity contribution in [3.8, 4) is 0 Å². The first-order valence-electron chi connectivity index (χ1n) is 5.63. The van der Waals surface area contributed by atoms with E-state index in [0.29, 0.717) is 0 Å². The Morgan fingerprint density at radius 3 is 2.56 bits per heavy atom. The summed E-state index contributed by atoms with van der Waals surface area (Å²) in [5, 5.41) is 3.30. The molecule has 0 aliphatic carbocycles. The molecule has 2 rings (SSSR count). The summed E-state index contributed by atoms with van der Waals surface area (Å²) in [4.78, 5) is 10.3. The molecule has 2 aromatic rings. The number of halogens is 1. The molecule has 94 valence electrons. The largest absolute Gasteiger partial charge is 0.366 e. The monoisotopic (exact) mass is 354 g/mol. The molecule has 0 aliphatic rings. The van der Waals surface area contributed by atoms with Crippen molar-refractivity contribution in [2.45, 2.75) is 6.54 Å².